The van der Waals surface area contributed by atoms with Crippen molar-refractivity contribution in [3.8, 4) is 0 Å². The van der Waals surface area contributed by atoms with Gasteiger partial charge in [-0.15, -0.1) is 0 Å². The van der Waals surface area contributed by atoms with Crippen molar-refractivity contribution in [1.29, 1.82) is 0 Å². The first-order chi connectivity index (χ1) is 11.7. The topological polar surface area (TPSA) is 95.9 Å². The van der Waals surface area contributed by atoms with Crippen LogP contribution in [0, 0.1) is 5.92 Å². The molecular weight excluding hydrogens is 324 g/mol. The van der Waals surface area contributed by atoms with Crippen molar-refractivity contribution in [2.45, 2.75) is 77.9 Å². The van der Waals surface area contributed by atoms with E-state index in [2.05, 4.69) is 5.32 Å². The number of aliphatic carboxylic acids is 1. The van der Waals surface area contributed by atoms with Crippen LogP contribution in [0.3, 0.4) is 0 Å². The first-order valence-corrected chi connectivity index (χ1v) is 9.23. The molecule has 1 fully saturated rings. The lowest BCUT2D eigenvalue weighted by atomic mass is 9.81. The minimum atomic E-state index is -1.13. The predicted octanol–water partition coefficient (Wildman–Crippen LogP) is 2.78. The molecule has 1 aliphatic carbocycles. The zero-order chi connectivity index (χ0) is 19.0. The number of carboxylic acid groups (broad SMARTS) is 1. The van der Waals surface area contributed by atoms with E-state index in [9.17, 15) is 19.5 Å². The number of hydrogen-bond acceptors (Lipinski definition) is 4. The van der Waals surface area contributed by atoms with E-state index in [1.807, 2.05) is 6.92 Å². The average molecular weight is 356 g/mol. The molecule has 1 atom stereocenters. The summed E-state index contributed by atoms with van der Waals surface area (Å²) in [7, 11) is 0. The Morgan fingerprint density at radius 2 is 1.76 bits per heavy atom. The van der Waals surface area contributed by atoms with Crippen LogP contribution in [0.1, 0.15) is 66.2 Å². The SMILES string of the molecule is CCN(CCC(C)C(=O)NC1(C(=O)O)CCCCC1)C(=O)OC(C)C. The number of rotatable bonds is 8. The predicted molar refractivity (Wildman–Crippen MR) is 94.2 cm³/mol. The van der Waals surface area contributed by atoms with E-state index in [0.717, 1.165) is 19.3 Å². The standard InChI is InChI=1S/C18H32N2O5/c1-5-20(17(24)25-13(2)3)12-9-14(4)15(21)19-18(16(22)23)10-7-6-8-11-18/h13-14H,5-12H2,1-4H3,(H,19,21)(H,22,23). The maximum Gasteiger partial charge on any atom is 0.409 e. The Hall–Kier alpha value is -1.79. The molecule has 0 bridgehead atoms. The number of ether oxygens (including phenoxy) is 1. The van der Waals surface area contributed by atoms with Crippen molar-refractivity contribution in [3.05, 3.63) is 0 Å². The second kappa shape index (κ2) is 9.63. The normalized spacial score (nSPS) is 17.6. The zero-order valence-electron chi connectivity index (χ0n) is 15.8. The van der Waals surface area contributed by atoms with Gasteiger partial charge in [0.05, 0.1) is 6.10 Å². The molecule has 2 amide bonds. The largest absolute Gasteiger partial charge is 0.480 e. The van der Waals surface area contributed by atoms with E-state index < -0.39 is 11.5 Å². The third kappa shape index (κ3) is 6.21. The summed E-state index contributed by atoms with van der Waals surface area (Å²) in [6.07, 6.45) is 3.46. The van der Waals surface area contributed by atoms with E-state index in [1.54, 1.807) is 25.7 Å². The summed E-state index contributed by atoms with van der Waals surface area (Å²) >= 11 is 0. The van der Waals surface area contributed by atoms with Crippen molar-refractivity contribution in [2.75, 3.05) is 13.1 Å². The van der Waals surface area contributed by atoms with Crippen LogP contribution >= 0.6 is 0 Å². The number of hydrogen-bond donors (Lipinski definition) is 2. The highest BCUT2D eigenvalue weighted by atomic mass is 16.6. The van der Waals surface area contributed by atoms with Gasteiger partial charge in [0.1, 0.15) is 5.54 Å². The number of carbonyl (C=O) groups is 3. The van der Waals surface area contributed by atoms with Crippen molar-refractivity contribution in [1.82, 2.24) is 10.2 Å². The lowest BCUT2D eigenvalue weighted by molar-refractivity contribution is -0.150. The van der Waals surface area contributed by atoms with E-state index >= 15 is 0 Å². The molecule has 0 heterocycles. The Bertz CT molecular complexity index is 472. The van der Waals surface area contributed by atoms with Crippen LogP contribution in [0.5, 0.6) is 0 Å². The highest BCUT2D eigenvalue weighted by Crippen LogP contribution is 2.29. The van der Waals surface area contributed by atoms with Gasteiger partial charge in [-0.3, -0.25) is 4.79 Å². The summed E-state index contributed by atoms with van der Waals surface area (Å²) in [5.41, 5.74) is -1.13. The van der Waals surface area contributed by atoms with Crippen LogP contribution in [0.25, 0.3) is 0 Å². The molecule has 1 unspecified atom stereocenters. The third-order valence-electron chi connectivity index (χ3n) is 4.74. The number of nitrogens with zero attached hydrogens (tertiary/aromatic N) is 1. The van der Waals surface area contributed by atoms with Gasteiger partial charge >= 0.3 is 12.1 Å². The summed E-state index contributed by atoms with van der Waals surface area (Å²) in [6.45, 7) is 8.09. The molecule has 0 aliphatic heterocycles. The Balaban J connectivity index is 2.57. The average Bonchev–Trinajstić information content (AvgIpc) is 2.55. The molecule has 25 heavy (non-hydrogen) atoms. The van der Waals surface area contributed by atoms with Gasteiger partial charge in [0, 0.05) is 19.0 Å². The van der Waals surface area contributed by atoms with Gasteiger partial charge in [-0.1, -0.05) is 26.2 Å². The molecule has 0 saturated heterocycles. The Morgan fingerprint density at radius 3 is 2.24 bits per heavy atom. The minimum Gasteiger partial charge on any atom is -0.480 e. The zero-order valence-corrected chi connectivity index (χ0v) is 15.8. The fourth-order valence-electron chi connectivity index (χ4n) is 3.04. The Morgan fingerprint density at radius 1 is 1.16 bits per heavy atom. The molecule has 7 heteroatoms. The lowest BCUT2D eigenvalue weighted by Gasteiger charge is -2.35. The van der Waals surface area contributed by atoms with Crippen LogP contribution in [-0.2, 0) is 14.3 Å². The number of amides is 2. The monoisotopic (exact) mass is 356 g/mol. The molecule has 1 aliphatic rings. The lowest BCUT2D eigenvalue weighted by Crippen LogP contribution is -2.56. The van der Waals surface area contributed by atoms with Gasteiger partial charge in [-0.2, -0.15) is 0 Å². The van der Waals surface area contributed by atoms with Crippen molar-refractivity contribution >= 4 is 18.0 Å². The molecule has 0 aromatic heterocycles. The molecule has 0 aromatic rings. The highest BCUT2D eigenvalue weighted by Gasteiger charge is 2.41. The first kappa shape index (κ1) is 21.3. The van der Waals surface area contributed by atoms with Crippen LogP contribution in [0.2, 0.25) is 0 Å². The maximum absolute atomic E-state index is 12.5. The summed E-state index contributed by atoms with van der Waals surface area (Å²) in [5.74, 6) is -1.60. The molecule has 1 rings (SSSR count). The second-order valence-electron chi connectivity index (χ2n) is 7.14. The third-order valence-corrected chi connectivity index (χ3v) is 4.74. The van der Waals surface area contributed by atoms with E-state index in [1.165, 1.54) is 0 Å². The smallest absolute Gasteiger partial charge is 0.409 e. The van der Waals surface area contributed by atoms with Crippen LogP contribution in [0.4, 0.5) is 4.79 Å². The van der Waals surface area contributed by atoms with Crippen LogP contribution in [0.15, 0.2) is 0 Å². The van der Waals surface area contributed by atoms with Gasteiger partial charge in [0.25, 0.3) is 0 Å². The molecule has 1 saturated carbocycles. The number of nitrogens with one attached hydrogen (secondary N) is 1. The number of carbonyl (C=O) groups excluding carboxylic acids is 2. The minimum absolute atomic E-state index is 0.191. The number of carboxylic acids is 1. The highest BCUT2D eigenvalue weighted by molar-refractivity contribution is 5.88. The molecular formula is C18H32N2O5. The molecule has 0 radical (unpaired) electrons. The van der Waals surface area contributed by atoms with Gasteiger partial charge in [-0.05, 0) is 40.0 Å². The van der Waals surface area contributed by atoms with E-state index in [-0.39, 0.29) is 24.0 Å². The van der Waals surface area contributed by atoms with Gasteiger partial charge in [0.2, 0.25) is 5.91 Å². The Kier molecular flexibility index (Phi) is 8.19. The van der Waals surface area contributed by atoms with E-state index in [4.69, 9.17) is 4.74 Å². The molecule has 7 nitrogen and oxygen atoms in total. The first-order valence-electron chi connectivity index (χ1n) is 9.23. The summed E-state index contributed by atoms with van der Waals surface area (Å²) in [5, 5.41) is 12.3. The summed E-state index contributed by atoms with van der Waals surface area (Å²) in [4.78, 5) is 37.6. The molecule has 2 N–H and O–H groups in total. The molecule has 0 aromatic carbocycles. The van der Waals surface area contributed by atoms with E-state index in [0.29, 0.717) is 32.4 Å². The van der Waals surface area contributed by atoms with Crippen molar-refractivity contribution < 1.29 is 24.2 Å². The summed E-state index contributed by atoms with van der Waals surface area (Å²) < 4.78 is 5.17. The maximum atomic E-state index is 12.5. The molecule has 0 spiro atoms. The van der Waals surface area contributed by atoms with Crippen LogP contribution < -0.4 is 5.32 Å². The van der Waals surface area contributed by atoms with Gasteiger partial charge in [-0.25, -0.2) is 9.59 Å². The summed E-state index contributed by atoms with van der Waals surface area (Å²) in [6, 6.07) is 0. The van der Waals surface area contributed by atoms with Crippen molar-refractivity contribution in [3.63, 3.8) is 0 Å². The van der Waals surface area contributed by atoms with Crippen LogP contribution in [-0.4, -0.2) is 52.7 Å². The fourth-order valence-corrected chi connectivity index (χ4v) is 3.04. The van der Waals surface area contributed by atoms with Crippen molar-refractivity contribution in [2.24, 2.45) is 5.92 Å². The Labute approximate surface area is 150 Å². The van der Waals surface area contributed by atoms with Gasteiger partial charge in [0.15, 0.2) is 0 Å². The second-order valence-corrected chi connectivity index (χ2v) is 7.14. The fraction of sp³-hybridized carbons (Fsp3) is 0.833. The van der Waals surface area contributed by atoms with Gasteiger partial charge < -0.3 is 20.1 Å². The molecule has 144 valence electrons. The quantitative estimate of drug-likeness (QED) is 0.697.